The fourth-order valence-electron chi connectivity index (χ4n) is 0.619. The number of hydrogen-bond acceptors (Lipinski definition) is 5. The molecular formula is C6H4N2O3. The average molecular weight is 152 g/mol. The molecule has 56 valence electrons. The van der Waals surface area contributed by atoms with E-state index >= 15 is 0 Å². The normalized spacial score (nSPS) is 23.6. The van der Waals surface area contributed by atoms with Crippen molar-refractivity contribution < 1.29 is 15.0 Å². The number of aliphatic hydroxyl groups excluding tert-OH is 2. The van der Waals surface area contributed by atoms with Gasteiger partial charge < -0.3 is 10.2 Å². The van der Waals surface area contributed by atoms with Gasteiger partial charge in [0.1, 0.15) is 6.07 Å². The Hall–Kier alpha value is -1.67. The van der Waals surface area contributed by atoms with Crippen molar-refractivity contribution in [1.82, 2.24) is 0 Å². The third kappa shape index (κ3) is 1.11. The van der Waals surface area contributed by atoms with Crippen molar-refractivity contribution in [2.24, 2.45) is 4.99 Å². The molecule has 0 saturated carbocycles. The third-order valence-electron chi connectivity index (χ3n) is 1.20. The first-order chi connectivity index (χ1) is 5.16. The van der Waals surface area contributed by atoms with E-state index < -0.39 is 17.6 Å². The van der Waals surface area contributed by atoms with Gasteiger partial charge in [-0.25, -0.2) is 4.99 Å². The largest absolute Gasteiger partial charge is 0.503 e. The number of carbonyl (C=O) groups excluding carboxylic acids is 1. The summed E-state index contributed by atoms with van der Waals surface area (Å²) in [5.74, 6) is -1.52. The van der Waals surface area contributed by atoms with Gasteiger partial charge in [0.2, 0.25) is 5.78 Å². The van der Waals surface area contributed by atoms with Crippen molar-refractivity contribution >= 4 is 11.5 Å². The van der Waals surface area contributed by atoms with Gasteiger partial charge in [0.25, 0.3) is 0 Å². The predicted octanol–water partition coefficient (Wildman–Crippen LogP) is -0.706. The number of nitriles is 1. The van der Waals surface area contributed by atoms with Crippen LogP contribution in [0.1, 0.15) is 0 Å². The molecule has 0 fully saturated rings. The Morgan fingerprint density at radius 1 is 1.73 bits per heavy atom. The lowest BCUT2D eigenvalue weighted by Crippen LogP contribution is -2.32. The fourth-order valence-corrected chi connectivity index (χ4v) is 0.619. The Balaban J connectivity index is 3.05. The number of Topliss-reactive ketones (excluding diaryl/α,β-unsaturated/α-hetero) is 1. The standard InChI is InChI=1S/C6H4N2O3/c7-1-3-5(10)6(11)4(9)2-8-3/h2,5,9-10H. The zero-order valence-corrected chi connectivity index (χ0v) is 5.35. The molecule has 0 amide bonds. The van der Waals surface area contributed by atoms with Gasteiger partial charge in [0, 0.05) is 0 Å². The second-order valence-corrected chi connectivity index (χ2v) is 1.91. The van der Waals surface area contributed by atoms with E-state index in [2.05, 4.69) is 4.99 Å². The van der Waals surface area contributed by atoms with Crippen LogP contribution in [0.15, 0.2) is 17.0 Å². The Morgan fingerprint density at radius 2 is 2.36 bits per heavy atom. The molecular weight excluding hydrogens is 148 g/mol. The zero-order chi connectivity index (χ0) is 8.43. The van der Waals surface area contributed by atoms with Crippen LogP contribution in [0, 0.1) is 11.3 Å². The minimum atomic E-state index is -1.61. The van der Waals surface area contributed by atoms with Crippen molar-refractivity contribution in [2.45, 2.75) is 6.10 Å². The molecule has 0 spiro atoms. The Morgan fingerprint density at radius 3 is 2.91 bits per heavy atom. The van der Waals surface area contributed by atoms with E-state index in [0.717, 1.165) is 6.20 Å². The van der Waals surface area contributed by atoms with Crippen molar-refractivity contribution in [1.29, 1.82) is 5.26 Å². The number of aliphatic imine (C=N–C) groups is 1. The lowest BCUT2D eigenvalue weighted by molar-refractivity contribution is -0.123. The van der Waals surface area contributed by atoms with Crippen molar-refractivity contribution in [3.8, 4) is 6.07 Å². The maximum atomic E-state index is 10.7. The summed E-state index contributed by atoms with van der Waals surface area (Å²) >= 11 is 0. The third-order valence-corrected chi connectivity index (χ3v) is 1.20. The van der Waals surface area contributed by atoms with E-state index in [-0.39, 0.29) is 5.71 Å². The van der Waals surface area contributed by atoms with Crippen LogP contribution in [0.4, 0.5) is 0 Å². The molecule has 2 N–H and O–H groups in total. The lowest BCUT2D eigenvalue weighted by atomic mass is 10.1. The molecule has 0 radical (unpaired) electrons. The second-order valence-electron chi connectivity index (χ2n) is 1.91. The second kappa shape index (κ2) is 2.52. The summed E-state index contributed by atoms with van der Waals surface area (Å²) in [5.41, 5.74) is -0.298. The monoisotopic (exact) mass is 152 g/mol. The van der Waals surface area contributed by atoms with Crippen LogP contribution in [0.25, 0.3) is 0 Å². The number of nitrogens with zero attached hydrogens (tertiary/aromatic N) is 2. The molecule has 1 heterocycles. The summed E-state index contributed by atoms with van der Waals surface area (Å²) in [5, 5.41) is 25.9. The first kappa shape index (κ1) is 7.44. The van der Waals surface area contributed by atoms with Gasteiger partial charge in [-0.15, -0.1) is 0 Å². The predicted molar refractivity (Wildman–Crippen MR) is 34.8 cm³/mol. The molecule has 0 saturated heterocycles. The number of aliphatic hydroxyl groups is 2. The number of ketones is 1. The SMILES string of the molecule is N#CC1=NC=C(O)C(=O)C1O. The first-order valence-electron chi connectivity index (χ1n) is 2.76. The first-order valence-corrected chi connectivity index (χ1v) is 2.76. The van der Waals surface area contributed by atoms with Crippen molar-refractivity contribution in [3.63, 3.8) is 0 Å². The Labute approximate surface area is 61.9 Å². The van der Waals surface area contributed by atoms with Gasteiger partial charge in [-0.2, -0.15) is 5.26 Å². The number of rotatable bonds is 0. The topological polar surface area (TPSA) is 93.7 Å². The molecule has 1 rings (SSSR count). The van der Waals surface area contributed by atoms with Gasteiger partial charge >= 0.3 is 0 Å². The van der Waals surface area contributed by atoms with Crippen LogP contribution in [0.3, 0.4) is 0 Å². The summed E-state index contributed by atoms with van der Waals surface area (Å²) in [6, 6.07) is 1.53. The van der Waals surface area contributed by atoms with Crippen LogP contribution in [-0.4, -0.2) is 27.8 Å². The highest BCUT2D eigenvalue weighted by Crippen LogP contribution is 2.05. The summed E-state index contributed by atoms with van der Waals surface area (Å²) in [4.78, 5) is 14.0. The lowest BCUT2D eigenvalue weighted by Gasteiger charge is -2.08. The van der Waals surface area contributed by atoms with E-state index in [0.29, 0.717) is 0 Å². The molecule has 1 aliphatic rings. The maximum Gasteiger partial charge on any atom is 0.233 e. The quantitative estimate of drug-likeness (QED) is 0.479. The summed E-state index contributed by atoms with van der Waals surface area (Å²) in [6.45, 7) is 0. The van der Waals surface area contributed by atoms with E-state index in [1.54, 1.807) is 0 Å². The van der Waals surface area contributed by atoms with Crippen LogP contribution in [0.5, 0.6) is 0 Å². The zero-order valence-electron chi connectivity index (χ0n) is 5.35. The summed E-state index contributed by atoms with van der Waals surface area (Å²) in [7, 11) is 0. The van der Waals surface area contributed by atoms with E-state index in [4.69, 9.17) is 15.5 Å². The van der Waals surface area contributed by atoms with E-state index in [9.17, 15) is 4.79 Å². The molecule has 0 aromatic heterocycles. The van der Waals surface area contributed by atoms with Crippen LogP contribution in [-0.2, 0) is 4.79 Å². The van der Waals surface area contributed by atoms with Crippen LogP contribution in [0.2, 0.25) is 0 Å². The average Bonchev–Trinajstić information content (AvgIpc) is 2.01. The van der Waals surface area contributed by atoms with Crippen molar-refractivity contribution in [3.05, 3.63) is 12.0 Å². The molecule has 1 unspecified atom stereocenters. The molecule has 5 nitrogen and oxygen atoms in total. The van der Waals surface area contributed by atoms with Crippen molar-refractivity contribution in [2.75, 3.05) is 0 Å². The van der Waals surface area contributed by atoms with Gasteiger partial charge in [-0.05, 0) is 0 Å². The molecule has 0 aromatic carbocycles. The minimum absolute atomic E-state index is 0.298. The van der Waals surface area contributed by atoms with E-state index in [1.165, 1.54) is 6.07 Å². The maximum absolute atomic E-state index is 10.7. The summed E-state index contributed by atoms with van der Waals surface area (Å²) in [6.07, 6.45) is -0.766. The summed E-state index contributed by atoms with van der Waals surface area (Å²) < 4.78 is 0. The minimum Gasteiger partial charge on any atom is -0.503 e. The van der Waals surface area contributed by atoms with Gasteiger partial charge in [-0.1, -0.05) is 0 Å². The molecule has 5 heteroatoms. The smallest absolute Gasteiger partial charge is 0.233 e. The Kier molecular flexibility index (Phi) is 1.70. The Bertz CT molecular complexity index is 297. The number of hydrogen-bond donors (Lipinski definition) is 2. The highest BCUT2D eigenvalue weighted by Gasteiger charge is 2.27. The van der Waals surface area contributed by atoms with Crippen LogP contribution < -0.4 is 0 Å². The van der Waals surface area contributed by atoms with Crippen LogP contribution >= 0.6 is 0 Å². The molecule has 0 bridgehead atoms. The van der Waals surface area contributed by atoms with E-state index in [1.807, 2.05) is 0 Å². The molecule has 1 aliphatic heterocycles. The molecule has 11 heavy (non-hydrogen) atoms. The molecule has 0 aliphatic carbocycles. The van der Waals surface area contributed by atoms with Gasteiger partial charge in [-0.3, -0.25) is 4.79 Å². The number of carbonyl (C=O) groups is 1. The highest BCUT2D eigenvalue weighted by atomic mass is 16.3. The fraction of sp³-hybridized carbons (Fsp3) is 0.167. The molecule has 0 aromatic rings. The molecule has 1 atom stereocenters. The van der Waals surface area contributed by atoms with Gasteiger partial charge in [0.05, 0.1) is 6.20 Å². The highest BCUT2D eigenvalue weighted by molar-refractivity contribution is 6.20. The van der Waals surface area contributed by atoms with Gasteiger partial charge in [0.15, 0.2) is 17.6 Å².